The van der Waals surface area contributed by atoms with Crippen LogP contribution in [0.1, 0.15) is 381 Å². The number of aliphatic hydroxyl groups excluding tert-OH is 1. The van der Waals surface area contributed by atoms with Gasteiger partial charge in [-0.2, -0.15) is 26.3 Å². The molecule has 150 heavy (non-hydrogen) atoms. The monoisotopic (exact) mass is 2080 g/mol. The number of aromatic hydroxyl groups is 3. The van der Waals surface area contributed by atoms with Crippen molar-refractivity contribution in [1.29, 1.82) is 0 Å². The molecule has 13 rings (SSSR count). The number of fused-ring (bicyclic) bond motifs is 3. The van der Waals surface area contributed by atoms with Crippen molar-refractivity contribution in [2.45, 2.75) is 386 Å². The minimum Gasteiger partial charge on any atom is -0.508 e. The lowest BCUT2D eigenvalue weighted by molar-refractivity contribution is -0.305. The van der Waals surface area contributed by atoms with E-state index in [9.17, 15) is 36.6 Å². The van der Waals surface area contributed by atoms with Gasteiger partial charge in [0.05, 0.1) is 39.1 Å². The quantitative estimate of drug-likeness (QED) is 0.0161. The van der Waals surface area contributed by atoms with Crippen molar-refractivity contribution in [3.05, 3.63) is 269 Å². The highest BCUT2D eigenvalue weighted by Crippen LogP contribution is 2.43. The second kappa shape index (κ2) is 64.0. The van der Waals surface area contributed by atoms with E-state index < -0.39 is 42.9 Å². The molecule has 0 aromatic heterocycles. The molecule has 0 heterocycles. The summed E-state index contributed by atoms with van der Waals surface area (Å²) in [5.41, 5.74) is 9.11. The Morgan fingerprint density at radius 3 is 1.11 bits per heavy atom. The topological polar surface area (TPSA) is 182 Å². The number of benzene rings is 11. The minimum atomic E-state index is -5.45. The van der Waals surface area contributed by atoms with Crippen LogP contribution < -0.4 is 28.4 Å². The van der Waals surface area contributed by atoms with E-state index in [1.807, 2.05) is 103 Å². The zero-order valence-corrected chi connectivity index (χ0v) is 94.6. The predicted octanol–water partition coefficient (Wildman–Crippen LogP) is 37.0. The van der Waals surface area contributed by atoms with Crippen LogP contribution in [0, 0.1) is 22.7 Å². The number of ether oxygens (including phenoxy) is 11. The third kappa shape index (κ3) is 43.7. The Morgan fingerprint density at radius 1 is 0.320 bits per heavy atom. The molecule has 2 aliphatic carbocycles. The number of halogens is 6. The van der Waals surface area contributed by atoms with Gasteiger partial charge in [-0.3, -0.25) is 0 Å². The van der Waals surface area contributed by atoms with Crippen molar-refractivity contribution < 1.29 is 98.9 Å². The normalized spacial score (nSPS) is 15.5. The van der Waals surface area contributed by atoms with E-state index in [0.717, 1.165) is 97.0 Å². The number of aliphatic hydroxyl groups is 1. The van der Waals surface area contributed by atoms with E-state index in [-0.39, 0.29) is 49.2 Å². The van der Waals surface area contributed by atoms with Gasteiger partial charge in [0.1, 0.15) is 46.9 Å². The van der Waals surface area contributed by atoms with Crippen LogP contribution in [0.2, 0.25) is 0 Å². The fourth-order valence-electron chi connectivity index (χ4n) is 17.1. The van der Waals surface area contributed by atoms with Gasteiger partial charge in [-0.15, -0.1) is 0 Å². The molecule has 0 saturated heterocycles. The zero-order valence-electron chi connectivity index (χ0n) is 94.6. The Morgan fingerprint density at radius 2 is 0.687 bits per heavy atom. The lowest BCUT2D eigenvalue weighted by Gasteiger charge is -2.33. The Kier molecular flexibility index (Phi) is 54.1. The molecule has 4 N–H and O–H groups in total. The summed E-state index contributed by atoms with van der Waals surface area (Å²) in [4.78, 5) is 0. The summed E-state index contributed by atoms with van der Waals surface area (Å²) in [7, 11) is 0. The van der Waals surface area contributed by atoms with E-state index in [4.69, 9.17) is 62.3 Å². The van der Waals surface area contributed by atoms with Gasteiger partial charge < -0.3 is 72.5 Å². The number of phenolic OH excluding ortho intramolecular Hbond substituents is 3. The molecule has 0 bridgehead atoms. The lowest BCUT2D eigenvalue weighted by atomic mass is 9.84. The average molecular weight is 2080 g/mol. The van der Waals surface area contributed by atoms with Crippen molar-refractivity contribution in [3.63, 3.8) is 0 Å². The summed E-state index contributed by atoms with van der Waals surface area (Å²) in [6.45, 7) is 51.9. The summed E-state index contributed by atoms with van der Waals surface area (Å²) in [6.07, 6.45) is 8.60. The molecule has 11 aromatic rings. The van der Waals surface area contributed by atoms with Crippen LogP contribution >= 0.6 is 0 Å². The molecule has 11 aromatic carbocycles. The van der Waals surface area contributed by atoms with Gasteiger partial charge in [-0.25, -0.2) is 0 Å². The molecular weight excluding hydrogens is 1900 g/mol. The van der Waals surface area contributed by atoms with Crippen molar-refractivity contribution in [2.24, 2.45) is 22.7 Å². The third-order valence-corrected chi connectivity index (χ3v) is 28.3. The van der Waals surface area contributed by atoms with E-state index in [2.05, 4.69) is 225 Å². The highest BCUT2D eigenvalue weighted by molar-refractivity contribution is 5.86. The van der Waals surface area contributed by atoms with Crippen LogP contribution in [0.25, 0.3) is 32.3 Å². The standard InChI is InChI=1S/C30H38O3.C24H34O2.C19H26F6O2.C17H28O4.C15H24O2.C14H16O.C10H14O/c1-4-22(2)26-10-11-28-21-30(17-14-27(28)20-26)33-23(3)31-18-19-32-29-15-12-25(13-16-29)24-8-6-5-7-9-24;1-5-18(4)19-11-12-21-16-23(14-13-20(21)15-19)26-24(17(2)3)25-22-9-7-6-8-10-22;1-6-12(2)13-8-7-9-14(10-13)27-16(17(3,4)5)26-11-15(18(20,21)22)19(23,24)25;1-6-12(2)13-7-8-15(14(19)11-13)21-16(17(3,4)5)20-10-9-18;1-5-10-16-13(4)17-15-9-7-8-14(11-15)12(3)6-2;1-3-10(2)11-4-5-13-9-14(15)7-6-12(13)8-11;1-3-8(2)9-5-4-6-10(11)7-9/h10-17,20-24H,4-9,18-19H2,1-3H3;11-18,22,24H,5-10H2,1-4H3;7-10,12,15-16H,6,11H2,1-5H3;7-8,11-12,16,18-19H,6,9-10H2,1-5H3;7-9,11-13H,5-6,10H2,1-4H3;4-10,15H,3H2,1-2H3;4-8,11H,3H2,1-2H3. The van der Waals surface area contributed by atoms with Crippen molar-refractivity contribution in [1.82, 2.24) is 0 Å². The molecule has 21 heteroatoms. The summed E-state index contributed by atoms with van der Waals surface area (Å²) in [6, 6.07) is 74.9. The van der Waals surface area contributed by atoms with Crippen LogP contribution in [-0.4, -0.2) is 110 Å². The maximum absolute atomic E-state index is 12.7. The van der Waals surface area contributed by atoms with E-state index in [1.165, 1.54) is 131 Å². The van der Waals surface area contributed by atoms with Crippen molar-refractivity contribution in [3.8, 4) is 51.7 Å². The first-order valence-electron chi connectivity index (χ1n) is 55.3. The number of hydrogen-bond acceptors (Lipinski definition) is 15. The molecule has 828 valence electrons. The molecular formula is C129H180F6O15. The molecule has 12 unspecified atom stereocenters. The zero-order chi connectivity index (χ0) is 110. The molecule has 0 aliphatic heterocycles. The molecule has 0 radical (unpaired) electrons. The molecule has 2 aliphatic rings. The van der Waals surface area contributed by atoms with Crippen molar-refractivity contribution >= 4 is 32.3 Å². The largest absolute Gasteiger partial charge is 0.508 e. The van der Waals surface area contributed by atoms with Crippen LogP contribution in [0.3, 0.4) is 0 Å². The molecule has 12 atom stereocenters. The number of rotatable bonds is 42. The lowest BCUT2D eigenvalue weighted by Crippen LogP contribution is -2.43. The molecule has 0 spiro atoms. The summed E-state index contributed by atoms with van der Waals surface area (Å²) < 4.78 is 140. The molecule has 15 nitrogen and oxygen atoms in total. The average Bonchev–Trinajstić information content (AvgIpc) is 0.819. The van der Waals surface area contributed by atoms with Gasteiger partial charge in [-0.1, -0.05) is 325 Å². The first-order valence-corrected chi connectivity index (χ1v) is 55.3. The second-order valence-corrected chi connectivity index (χ2v) is 43.1. The first kappa shape index (κ1) is 127. The highest BCUT2D eigenvalue weighted by atomic mass is 19.4. The molecule has 2 fully saturated rings. The fourth-order valence-corrected chi connectivity index (χ4v) is 17.1. The van der Waals surface area contributed by atoms with Crippen LogP contribution in [0.4, 0.5) is 26.3 Å². The van der Waals surface area contributed by atoms with Gasteiger partial charge in [0.15, 0.2) is 30.0 Å². The third-order valence-electron chi connectivity index (χ3n) is 28.3. The Balaban J connectivity index is 0.000000242. The van der Waals surface area contributed by atoms with E-state index in [1.54, 1.807) is 69.3 Å². The van der Waals surface area contributed by atoms with Gasteiger partial charge in [0, 0.05) is 16.7 Å². The van der Waals surface area contributed by atoms with E-state index in [0.29, 0.717) is 83.7 Å². The predicted molar refractivity (Wildman–Crippen MR) is 603 cm³/mol. The number of alkyl halides is 6. The van der Waals surface area contributed by atoms with Gasteiger partial charge in [0.25, 0.3) is 0 Å². The van der Waals surface area contributed by atoms with Crippen LogP contribution in [0.15, 0.2) is 224 Å². The number of phenols is 3. The fraction of sp³-hybridized carbons (Fsp3) is 0.535. The van der Waals surface area contributed by atoms with Crippen LogP contribution in [0.5, 0.6) is 51.7 Å². The van der Waals surface area contributed by atoms with Crippen molar-refractivity contribution in [2.75, 3.05) is 39.6 Å². The van der Waals surface area contributed by atoms with Gasteiger partial charge in [0.2, 0.25) is 18.9 Å². The number of hydrogen-bond donors (Lipinski definition) is 4. The molecule has 2 saturated carbocycles. The SMILES string of the molecule is CCC(C)c1ccc(OC(OCCO)C(C)(C)C)c(O)c1.CCC(C)c1ccc2cc(O)ccc2c1.CCC(C)c1ccc2cc(OC(C)OCCOc3ccc(C4CCCCC4)cc3)ccc2c1.CCC(C)c1ccc2cc(OC(OC3CCCCC3)C(C)C)ccc2c1.CCC(C)c1cccc(O)c1.CCC(C)c1cccc(OC(OCC(C(F)(F)F)C(F)(F)F)C(C)(C)C)c1.CCCOC(C)Oc1cccc(C(C)CC)c1. The van der Waals surface area contributed by atoms with Gasteiger partial charge >= 0.3 is 12.4 Å². The van der Waals surface area contributed by atoms with Gasteiger partial charge in [-0.05, 0) is 312 Å². The first-order chi connectivity index (χ1) is 71.2. The minimum absolute atomic E-state index is 0.0606. The Labute approximate surface area is 894 Å². The highest BCUT2D eigenvalue weighted by Gasteiger charge is 2.57. The van der Waals surface area contributed by atoms with Crippen LogP contribution in [-0.2, 0) is 23.7 Å². The Bertz CT molecular complexity index is 5630. The summed E-state index contributed by atoms with van der Waals surface area (Å²) in [5, 5.41) is 44.8. The maximum Gasteiger partial charge on any atom is 0.402 e. The molecule has 0 amide bonds. The summed E-state index contributed by atoms with van der Waals surface area (Å²) in [5.74, 6) is 6.11. The second-order valence-electron chi connectivity index (χ2n) is 43.1. The van der Waals surface area contributed by atoms with E-state index >= 15 is 0 Å². The Hall–Kier alpha value is -10.3. The summed E-state index contributed by atoms with van der Waals surface area (Å²) >= 11 is 0. The smallest absolute Gasteiger partial charge is 0.402 e. The maximum atomic E-state index is 12.7.